The van der Waals surface area contributed by atoms with E-state index in [4.69, 9.17) is 0 Å². The van der Waals surface area contributed by atoms with Gasteiger partial charge in [-0.05, 0) is 74.1 Å². The van der Waals surface area contributed by atoms with Gasteiger partial charge in [-0.1, -0.05) is 110 Å². The number of nitrogens with zero attached hydrogens (tertiary/aromatic N) is 2. The second-order valence-electron chi connectivity index (χ2n) is 12.6. The molecule has 1 N–H and O–H groups in total. The molecule has 2 amide bonds. The maximum absolute atomic E-state index is 14.8. The summed E-state index contributed by atoms with van der Waals surface area (Å²) in [6.07, 6.45) is 5.38. The second-order valence-corrected chi connectivity index (χ2v) is 14.5. The van der Waals surface area contributed by atoms with Crippen LogP contribution in [0.5, 0.6) is 0 Å². The molecule has 0 heterocycles. The van der Waals surface area contributed by atoms with E-state index < -0.39 is 28.5 Å². The van der Waals surface area contributed by atoms with Gasteiger partial charge < -0.3 is 10.2 Å². The fourth-order valence-corrected chi connectivity index (χ4v) is 7.74. The summed E-state index contributed by atoms with van der Waals surface area (Å²) in [6.45, 7) is 5.40. The highest BCUT2D eigenvalue weighted by Gasteiger charge is 2.36. The summed E-state index contributed by atoms with van der Waals surface area (Å²) < 4.78 is 29.8. The van der Waals surface area contributed by atoms with E-state index in [1.165, 1.54) is 4.31 Å². The summed E-state index contributed by atoms with van der Waals surface area (Å²) in [7, 11) is -4.15. The molecule has 8 heteroatoms. The first-order chi connectivity index (χ1) is 22.6. The van der Waals surface area contributed by atoms with E-state index in [1.807, 2.05) is 87.5 Å². The Labute approximate surface area is 279 Å². The molecule has 1 aliphatic rings. The third-order valence-corrected chi connectivity index (χ3v) is 10.9. The van der Waals surface area contributed by atoms with Crippen LogP contribution in [0.25, 0.3) is 0 Å². The zero-order valence-electron chi connectivity index (χ0n) is 27.6. The van der Waals surface area contributed by atoms with Gasteiger partial charge in [-0.15, -0.1) is 0 Å². The molecule has 0 spiro atoms. The Bertz CT molecular complexity index is 1770. The summed E-state index contributed by atoms with van der Waals surface area (Å²) >= 11 is 0. The number of hydrogen-bond donors (Lipinski definition) is 1. The smallest absolute Gasteiger partial charge is 0.264 e. The predicted molar refractivity (Wildman–Crippen MR) is 188 cm³/mol. The summed E-state index contributed by atoms with van der Waals surface area (Å²) in [5, 5.41) is 3.27. The number of hydrogen-bond acceptors (Lipinski definition) is 4. The third-order valence-electron chi connectivity index (χ3n) is 9.10. The number of nitrogens with one attached hydrogen (secondary N) is 1. The Morgan fingerprint density at radius 2 is 1.38 bits per heavy atom. The number of benzene rings is 4. The van der Waals surface area contributed by atoms with Gasteiger partial charge in [0.1, 0.15) is 12.6 Å². The second kappa shape index (κ2) is 15.4. The highest BCUT2D eigenvalue weighted by atomic mass is 32.2. The molecule has 246 valence electrons. The average molecular weight is 652 g/mol. The zero-order chi connectivity index (χ0) is 33.4. The van der Waals surface area contributed by atoms with Crippen molar-refractivity contribution in [3.05, 3.63) is 131 Å². The SMILES string of the molecule is Cc1ccc(S(=O)(=O)N(CC(=O)N(Cc2ccccc2C)[C@H](Cc2ccccc2)C(=O)NC2CCCCC2)c2ccccc2C)cc1. The van der Waals surface area contributed by atoms with E-state index in [-0.39, 0.29) is 23.4 Å². The number of anilines is 1. The summed E-state index contributed by atoms with van der Waals surface area (Å²) in [5.41, 5.74) is 4.87. The van der Waals surface area contributed by atoms with Crippen LogP contribution in [-0.4, -0.2) is 43.8 Å². The van der Waals surface area contributed by atoms with Crippen LogP contribution in [-0.2, 0) is 32.6 Å². The van der Waals surface area contributed by atoms with E-state index in [0.29, 0.717) is 12.1 Å². The summed E-state index contributed by atoms with van der Waals surface area (Å²) in [6, 6.07) is 30.5. The lowest BCUT2D eigenvalue weighted by Crippen LogP contribution is -2.55. The van der Waals surface area contributed by atoms with Crippen molar-refractivity contribution in [3.8, 4) is 0 Å². The van der Waals surface area contributed by atoms with Crippen molar-refractivity contribution < 1.29 is 18.0 Å². The van der Waals surface area contributed by atoms with Crippen LogP contribution in [0.4, 0.5) is 5.69 Å². The van der Waals surface area contributed by atoms with Crippen LogP contribution in [0.3, 0.4) is 0 Å². The molecule has 47 heavy (non-hydrogen) atoms. The van der Waals surface area contributed by atoms with Crippen LogP contribution >= 0.6 is 0 Å². The van der Waals surface area contributed by atoms with Crippen LogP contribution in [0.15, 0.2) is 108 Å². The van der Waals surface area contributed by atoms with Crippen molar-refractivity contribution in [1.29, 1.82) is 0 Å². The van der Waals surface area contributed by atoms with Gasteiger partial charge in [0.15, 0.2) is 0 Å². The molecule has 1 aliphatic carbocycles. The molecule has 0 unspecified atom stereocenters. The minimum atomic E-state index is -4.15. The first kappa shape index (κ1) is 33.9. The molecule has 0 saturated heterocycles. The third kappa shape index (κ3) is 8.49. The molecule has 1 fully saturated rings. The number of sulfonamides is 1. The normalized spacial score (nSPS) is 14.3. The molecule has 0 aliphatic heterocycles. The molecule has 1 atom stereocenters. The van der Waals surface area contributed by atoms with Gasteiger partial charge >= 0.3 is 0 Å². The molecular weight excluding hydrogens is 607 g/mol. The van der Waals surface area contributed by atoms with Crippen molar-refractivity contribution in [2.45, 2.75) is 82.8 Å². The van der Waals surface area contributed by atoms with Crippen LogP contribution < -0.4 is 9.62 Å². The highest BCUT2D eigenvalue weighted by molar-refractivity contribution is 7.92. The topological polar surface area (TPSA) is 86.8 Å². The standard InChI is InChI=1S/C39H45N3O4S/c1-29-22-24-35(25-23-29)47(45,46)42(36-21-13-11-15-31(36)3)28-38(43)41(27-33-18-12-10-14-30(33)2)37(26-32-16-6-4-7-17-32)39(44)40-34-19-8-5-9-20-34/h4,6-7,10-18,21-25,34,37H,5,8-9,19-20,26-28H2,1-3H3,(H,40,44)/t37-/m1/s1. The lowest BCUT2D eigenvalue weighted by Gasteiger charge is -2.35. The van der Waals surface area contributed by atoms with E-state index in [0.717, 1.165) is 59.9 Å². The monoisotopic (exact) mass is 651 g/mol. The van der Waals surface area contributed by atoms with Gasteiger partial charge in [0.2, 0.25) is 11.8 Å². The minimum absolute atomic E-state index is 0.0512. The minimum Gasteiger partial charge on any atom is -0.352 e. The van der Waals surface area contributed by atoms with Gasteiger partial charge in [0.05, 0.1) is 10.6 Å². The molecule has 4 aromatic rings. The molecule has 4 aromatic carbocycles. The quantitative estimate of drug-likeness (QED) is 0.181. The first-order valence-electron chi connectivity index (χ1n) is 16.5. The van der Waals surface area contributed by atoms with Gasteiger partial charge in [-0.25, -0.2) is 8.42 Å². The number of aryl methyl sites for hydroxylation is 3. The first-order valence-corrected chi connectivity index (χ1v) is 17.9. The average Bonchev–Trinajstić information content (AvgIpc) is 3.07. The number of amides is 2. The molecule has 7 nitrogen and oxygen atoms in total. The van der Waals surface area contributed by atoms with Crippen molar-refractivity contribution in [1.82, 2.24) is 10.2 Å². The van der Waals surface area contributed by atoms with Crippen molar-refractivity contribution >= 4 is 27.5 Å². The Morgan fingerprint density at radius 1 is 0.766 bits per heavy atom. The molecular formula is C39H45N3O4S. The predicted octanol–water partition coefficient (Wildman–Crippen LogP) is 6.90. The van der Waals surface area contributed by atoms with Gasteiger partial charge in [0.25, 0.3) is 10.0 Å². The Balaban J connectivity index is 1.58. The molecule has 0 radical (unpaired) electrons. The van der Waals surface area contributed by atoms with Crippen LogP contribution in [0.1, 0.15) is 59.9 Å². The highest BCUT2D eigenvalue weighted by Crippen LogP contribution is 2.28. The fourth-order valence-electron chi connectivity index (χ4n) is 6.26. The van der Waals surface area contributed by atoms with E-state index in [1.54, 1.807) is 41.3 Å². The lowest BCUT2D eigenvalue weighted by atomic mass is 9.94. The van der Waals surface area contributed by atoms with Gasteiger partial charge in [-0.3, -0.25) is 13.9 Å². The lowest BCUT2D eigenvalue weighted by molar-refractivity contribution is -0.140. The Kier molecular flexibility index (Phi) is 11.1. The van der Waals surface area contributed by atoms with E-state index >= 15 is 0 Å². The Hall–Kier alpha value is -4.43. The molecule has 0 aromatic heterocycles. The summed E-state index contributed by atoms with van der Waals surface area (Å²) in [4.78, 5) is 30.7. The number of carbonyl (C=O) groups is 2. The van der Waals surface area contributed by atoms with Crippen molar-refractivity contribution in [3.63, 3.8) is 0 Å². The maximum Gasteiger partial charge on any atom is 0.264 e. The maximum atomic E-state index is 14.8. The molecule has 5 rings (SSSR count). The Morgan fingerprint density at radius 3 is 2.04 bits per heavy atom. The summed E-state index contributed by atoms with van der Waals surface area (Å²) in [5.74, 6) is -0.668. The van der Waals surface area contributed by atoms with E-state index in [2.05, 4.69) is 5.32 Å². The van der Waals surface area contributed by atoms with Crippen molar-refractivity contribution in [2.75, 3.05) is 10.8 Å². The number of carbonyl (C=O) groups excluding carboxylic acids is 2. The van der Waals surface area contributed by atoms with E-state index in [9.17, 15) is 18.0 Å². The van der Waals surface area contributed by atoms with Crippen molar-refractivity contribution in [2.24, 2.45) is 0 Å². The van der Waals surface area contributed by atoms with Gasteiger partial charge in [0, 0.05) is 19.0 Å². The molecule has 0 bridgehead atoms. The fraction of sp³-hybridized carbons (Fsp3) is 0.333. The van der Waals surface area contributed by atoms with Crippen LogP contribution in [0, 0.1) is 20.8 Å². The van der Waals surface area contributed by atoms with Crippen LogP contribution in [0.2, 0.25) is 0 Å². The zero-order valence-corrected chi connectivity index (χ0v) is 28.4. The largest absolute Gasteiger partial charge is 0.352 e. The van der Waals surface area contributed by atoms with Gasteiger partial charge in [-0.2, -0.15) is 0 Å². The molecule has 1 saturated carbocycles. The number of para-hydroxylation sites is 1. The number of rotatable bonds is 12.